The number of carbonyl (C=O) groups is 1. The number of rotatable bonds is 2. The Morgan fingerprint density at radius 2 is 2.08 bits per heavy atom. The molecule has 0 radical (unpaired) electrons. The standard InChI is InChI=1S/C9H16N2O/c1-7(9(2,3)4)11-8(12)5-6-10/h7H,5H2,1-4H3,(H,11,12). The van der Waals surface area contributed by atoms with E-state index >= 15 is 0 Å². The van der Waals surface area contributed by atoms with Gasteiger partial charge in [0.15, 0.2) is 0 Å². The highest BCUT2D eigenvalue weighted by atomic mass is 16.1. The molecular weight excluding hydrogens is 152 g/mol. The van der Waals surface area contributed by atoms with Gasteiger partial charge in [-0.05, 0) is 12.3 Å². The van der Waals surface area contributed by atoms with Gasteiger partial charge in [-0.2, -0.15) is 5.26 Å². The van der Waals surface area contributed by atoms with Gasteiger partial charge in [0.05, 0.1) is 6.07 Å². The largest absolute Gasteiger partial charge is 0.352 e. The van der Waals surface area contributed by atoms with Gasteiger partial charge in [0.1, 0.15) is 6.42 Å². The fourth-order valence-electron chi connectivity index (χ4n) is 0.581. The van der Waals surface area contributed by atoms with Crippen LogP contribution in [0.3, 0.4) is 0 Å². The monoisotopic (exact) mass is 168 g/mol. The van der Waals surface area contributed by atoms with Crippen molar-refractivity contribution in [1.29, 1.82) is 5.26 Å². The maximum Gasteiger partial charge on any atom is 0.234 e. The third-order valence-corrected chi connectivity index (χ3v) is 1.92. The van der Waals surface area contributed by atoms with Crippen molar-refractivity contribution >= 4 is 5.91 Å². The van der Waals surface area contributed by atoms with E-state index in [9.17, 15) is 4.79 Å². The summed E-state index contributed by atoms with van der Waals surface area (Å²) in [4.78, 5) is 11.0. The number of hydrogen-bond acceptors (Lipinski definition) is 2. The van der Waals surface area contributed by atoms with Crippen molar-refractivity contribution in [2.75, 3.05) is 0 Å². The molecule has 0 aliphatic carbocycles. The molecule has 12 heavy (non-hydrogen) atoms. The van der Waals surface area contributed by atoms with E-state index in [1.165, 1.54) is 0 Å². The van der Waals surface area contributed by atoms with E-state index in [4.69, 9.17) is 5.26 Å². The molecule has 0 saturated carbocycles. The molecular formula is C9H16N2O. The molecule has 1 atom stereocenters. The third-order valence-electron chi connectivity index (χ3n) is 1.92. The molecule has 0 rings (SSSR count). The minimum Gasteiger partial charge on any atom is -0.352 e. The zero-order chi connectivity index (χ0) is 9.78. The molecule has 1 unspecified atom stereocenters. The Kier molecular flexibility index (Phi) is 3.75. The first-order chi connectivity index (χ1) is 5.38. The van der Waals surface area contributed by atoms with Crippen LogP contribution >= 0.6 is 0 Å². The highest BCUT2D eigenvalue weighted by Gasteiger charge is 2.21. The van der Waals surface area contributed by atoms with E-state index in [1.54, 1.807) is 0 Å². The molecule has 0 aromatic carbocycles. The average Bonchev–Trinajstić information content (AvgIpc) is 1.85. The molecule has 0 aromatic heterocycles. The Bertz CT molecular complexity index is 198. The summed E-state index contributed by atoms with van der Waals surface area (Å²) in [7, 11) is 0. The molecule has 3 heteroatoms. The van der Waals surface area contributed by atoms with Crippen LogP contribution in [0.1, 0.15) is 34.1 Å². The highest BCUT2D eigenvalue weighted by molar-refractivity contribution is 5.78. The highest BCUT2D eigenvalue weighted by Crippen LogP contribution is 2.18. The van der Waals surface area contributed by atoms with Crippen LogP contribution in [-0.4, -0.2) is 11.9 Å². The Morgan fingerprint density at radius 3 is 2.42 bits per heavy atom. The zero-order valence-electron chi connectivity index (χ0n) is 8.14. The number of nitriles is 1. The predicted octanol–water partition coefficient (Wildman–Crippen LogP) is 1.45. The van der Waals surface area contributed by atoms with Gasteiger partial charge in [-0.3, -0.25) is 4.79 Å². The van der Waals surface area contributed by atoms with E-state index in [0.717, 1.165) is 0 Å². The predicted molar refractivity (Wildman–Crippen MR) is 47.3 cm³/mol. The first-order valence-corrected chi connectivity index (χ1v) is 4.04. The smallest absolute Gasteiger partial charge is 0.234 e. The Hall–Kier alpha value is -1.04. The SMILES string of the molecule is CC(NC(=O)CC#N)C(C)(C)C. The summed E-state index contributed by atoms with van der Waals surface area (Å²) in [5.41, 5.74) is 0.0467. The summed E-state index contributed by atoms with van der Waals surface area (Å²) >= 11 is 0. The third kappa shape index (κ3) is 3.97. The summed E-state index contributed by atoms with van der Waals surface area (Å²) in [5.74, 6) is -0.195. The van der Waals surface area contributed by atoms with Crippen LogP contribution in [-0.2, 0) is 4.79 Å². The molecule has 0 aliphatic heterocycles. The maximum absolute atomic E-state index is 11.0. The van der Waals surface area contributed by atoms with Gasteiger partial charge in [-0.25, -0.2) is 0 Å². The van der Waals surface area contributed by atoms with Gasteiger partial charge in [-0.1, -0.05) is 20.8 Å². The molecule has 1 amide bonds. The lowest BCUT2D eigenvalue weighted by atomic mass is 9.88. The molecule has 0 spiro atoms. The van der Waals surface area contributed by atoms with E-state index < -0.39 is 0 Å². The van der Waals surface area contributed by atoms with Crippen LogP contribution < -0.4 is 5.32 Å². The second kappa shape index (κ2) is 4.10. The molecule has 0 bridgehead atoms. The normalized spacial score (nSPS) is 13.2. The second-order valence-corrected chi connectivity index (χ2v) is 3.99. The summed E-state index contributed by atoms with van der Waals surface area (Å²) < 4.78 is 0. The minimum absolute atomic E-state index is 0.0467. The fraction of sp³-hybridized carbons (Fsp3) is 0.778. The maximum atomic E-state index is 11.0. The summed E-state index contributed by atoms with van der Waals surface area (Å²) in [6.07, 6.45) is -0.0551. The van der Waals surface area contributed by atoms with Crippen LogP contribution in [0.15, 0.2) is 0 Å². The number of nitrogens with one attached hydrogen (secondary N) is 1. The van der Waals surface area contributed by atoms with Crippen LogP contribution in [0.2, 0.25) is 0 Å². The van der Waals surface area contributed by atoms with Crippen molar-refractivity contribution < 1.29 is 4.79 Å². The van der Waals surface area contributed by atoms with E-state index in [-0.39, 0.29) is 23.8 Å². The van der Waals surface area contributed by atoms with Crippen LogP contribution in [0.4, 0.5) is 0 Å². The lowest BCUT2D eigenvalue weighted by molar-refractivity contribution is -0.121. The minimum atomic E-state index is -0.195. The van der Waals surface area contributed by atoms with Gasteiger partial charge < -0.3 is 5.32 Å². The van der Waals surface area contributed by atoms with E-state index in [2.05, 4.69) is 5.32 Å². The average molecular weight is 168 g/mol. The molecule has 0 aromatic rings. The Labute approximate surface area is 73.8 Å². The summed E-state index contributed by atoms with van der Waals surface area (Å²) in [6, 6.07) is 1.91. The van der Waals surface area contributed by atoms with Gasteiger partial charge in [0.2, 0.25) is 5.91 Å². The number of nitrogens with zero attached hydrogens (tertiary/aromatic N) is 1. The number of carbonyl (C=O) groups excluding carboxylic acids is 1. The van der Waals surface area contributed by atoms with Gasteiger partial charge >= 0.3 is 0 Å². The molecule has 0 heterocycles. The van der Waals surface area contributed by atoms with Crippen molar-refractivity contribution in [2.45, 2.75) is 40.2 Å². The fourth-order valence-corrected chi connectivity index (χ4v) is 0.581. The molecule has 3 nitrogen and oxygen atoms in total. The first kappa shape index (κ1) is 11.0. The molecule has 68 valence electrons. The van der Waals surface area contributed by atoms with Crippen molar-refractivity contribution in [3.05, 3.63) is 0 Å². The van der Waals surface area contributed by atoms with Crippen LogP contribution in [0, 0.1) is 16.7 Å². The first-order valence-electron chi connectivity index (χ1n) is 4.04. The Morgan fingerprint density at radius 1 is 1.58 bits per heavy atom. The lowest BCUT2D eigenvalue weighted by Gasteiger charge is -2.27. The van der Waals surface area contributed by atoms with Crippen LogP contribution in [0.5, 0.6) is 0 Å². The van der Waals surface area contributed by atoms with Crippen LogP contribution in [0.25, 0.3) is 0 Å². The number of hydrogen-bond donors (Lipinski definition) is 1. The Balaban J connectivity index is 3.95. The van der Waals surface area contributed by atoms with Gasteiger partial charge in [0.25, 0.3) is 0 Å². The molecule has 0 aliphatic rings. The van der Waals surface area contributed by atoms with Gasteiger partial charge in [-0.15, -0.1) is 0 Å². The lowest BCUT2D eigenvalue weighted by Crippen LogP contribution is -2.41. The van der Waals surface area contributed by atoms with E-state index in [0.29, 0.717) is 0 Å². The summed E-state index contributed by atoms with van der Waals surface area (Å²) in [6.45, 7) is 8.08. The van der Waals surface area contributed by atoms with E-state index in [1.807, 2.05) is 33.8 Å². The number of amides is 1. The molecule has 1 N–H and O–H groups in total. The van der Waals surface area contributed by atoms with Crippen molar-refractivity contribution in [3.8, 4) is 6.07 Å². The topological polar surface area (TPSA) is 52.9 Å². The summed E-state index contributed by atoms with van der Waals surface area (Å²) in [5, 5.41) is 11.0. The quantitative estimate of drug-likeness (QED) is 0.678. The molecule has 0 fully saturated rings. The van der Waals surface area contributed by atoms with Crippen molar-refractivity contribution in [2.24, 2.45) is 5.41 Å². The second-order valence-electron chi connectivity index (χ2n) is 3.99. The van der Waals surface area contributed by atoms with Crippen molar-refractivity contribution in [1.82, 2.24) is 5.32 Å². The zero-order valence-corrected chi connectivity index (χ0v) is 8.14. The molecule has 0 saturated heterocycles. The van der Waals surface area contributed by atoms with Gasteiger partial charge in [0, 0.05) is 6.04 Å². The van der Waals surface area contributed by atoms with Crippen molar-refractivity contribution in [3.63, 3.8) is 0 Å².